The molecular weight excluding hydrogens is 688 g/mol. The van der Waals surface area contributed by atoms with Gasteiger partial charge in [-0.15, -0.1) is 0 Å². The van der Waals surface area contributed by atoms with Crippen LogP contribution in [0.1, 0.15) is 83.6 Å². The van der Waals surface area contributed by atoms with E-state index in [9.17, 15) is 44.0 Å². The molecule has 1 aliphatic rings. The normalized spacial score (nSPS) is 21.1. The van der Waals surface area contributed by atoms with Crippen molar-refractivity contribution in [3.63, 3.8) is 0 Å². The van der Waals surface area contributed by atoms with Gasteiger partial charge in [0.1, 0.15) is 18.1 Å². The Bertz CT molecular complexity index is 1440. The van der Waals surface area contributed by atoms with Gasteiger partial charge in [-0.2, -0.15) is 0 Å². The lowest BCUT2D eigenvalue weighted by Gasteiger charge is -2.27. The molecule has 53 heavy (non-hydrogen) atoms. The molecule has 2 rings (SSSR count). The number of nitrogens with one attached hydrogen (secondary N) is 4. The zero-order chi connectivity index (χ0) is 39.5. The number of rotatable bonds is 19. The van der Waals surface area contributed by atoms with Crippen molar-refractivity contribution in [3.05, 3.63) is 52.1 Å². The van der Waals surface area contributed by atoms with E-state index in [1.807, 2.05) is 13.8 Å². The van der Waals surface area contributed by atoms with Crippen LogP contribution in [-0.2, 0) is 35.2 Å². The number of benzene rings is 1. The molecule has 0 aliphatic carbocycles. The van der Waals surface area contributed by atoms with Gasteiger partial charge in [-0.25, -0.2) is 0 Å². The summed E-state index contributed by atoms with van der Waals surface area (Å²) in [5, 5.41) is 31.8. The van der Waals surface area contributed by atoms with Crippen LogP contribution in [0.3, 0.4) is 0 Å². The predicted octanol–water partition coefficient (Wildman–Crippen LogP) is 0.718. The quantitative estimate of drug-likeness (QED) is 0.0421. The van der Waals surface area contributed by atoms with Crippen molar-refractivity contribution in [3.8, 4) is 0 Å². The number of carboxylic acid groups (broad SMARTS) is 1. The van der Waals surface area contributed by atoms with Gasteiger partial charge in [0.2, 0.25) is 23.6 Å². The van der Waals surface area contributed by atoms with E-state index in [0.717, 1.165) is 0 Å². The maximum Gasteiger partial charge on any atom is 0.306 e. The highest BCUT2D eigenvalue weighted by molar-refractivity contribution is 5.96. The number of hydrogen-bond donors (Lipinski definition) is 8. The van der Waals surface area contributed by atoms with Gasteiger partial charge < -0.3 is 43.6 Å². The standard InChI is InChI=1S/C36H56N8O9/c1-22(2)19-24(36(50)51)21-31(45)30(20-23-13-15-25(16-14-23)44(52)53)43-35(49)28-10-4-3-9-26(39)32(46)40-27(11-5-7-17-37)33(47)42-29(34(48)41-28)12-6-8-18-38/h3-4,13-16,22,24,26-30H,5-12,17-21,37-39H2,1-2H3,(H,40,46)(H,41,48)(H,42,47)(H,43,49)(H,50,51)/t24-,26+,27+,28+,29+,30+/m1/s1. The largest absolute Gasteiger partial charge is 0.481 e. The van der Waals surface area contributed by atoms with Gasteiger partial charge in [-0.05, 0) is 88.8 Å². The molecule has 0 radical (unpaired) electrons. The van der Waals surface area contributed by atoms with Crippen LogP contribution in [0.25, 0.3) is 0 Å². The molecule has 0 saturated heterocycles. The number of nitrogens with two attached hydrogens (primary N) is 3. The number of carbonyl (C=O) groups excluding carboxylic acids is 5. The minimum atomic E-state index is -1.26. The number of aliphatic carboxylic acids is 1. The van der Waals surface area contributed by atoms with E-state index in [0.29, 0.717) is 44.3 Å². The first-order valence-corrected chi connectivity index (χ1v) is 18.2. The number of nitrogens with zero attached hydrogens (tertiary/aromatic N) is 1. The van der Waals surface area contributed by atoms with Gasteiger partial charge in [0.25, 0.3) is 5.69 Å². The van der Waals surface area contributed by atoms with Crippen LogP contribution in [0.15, 0.2) is 36.4 Å². The average molecular weight is 745 g/mol. The van der Waals surface area contributed by atoms with Crippen LogP contribution >= 0.6 is 0 Å². The molecule has 17 heteroatoms. The summed E-state index contributed by atoms with van der Waals surface area (Å²) in [5.74, 6) is -5.39. The molecule has 0 fully saturated rings. The topological polar surface area (TPSA) is 292 Å². The lowest BCUT2D eigenvalue weighted by molar-refractivity contribution is -0.384. The number of nitro groups is 1. The van der Waals surface area contributed by atoms with Gasteiger partial charge in [-0.1, -0.05) is 38.1 Å². The number of hydrogen-bond acceptors (Lipinski definition) is 11. The fraction of sp³-hybridized carbons (Fsp3) is 0.611. The van der Waals surface area contributed by atoms with E-state index in [1.165, 1.54) is 24.3 Å². The first kappa shape index (κ1) is 44.4. The monoisotopic (exact) mass is 744 g/mol. The zero-order valence-corrected chi connectivity index (χ0v) is 30.6. The van der Waals surface area contributed by atoms with E-state index in [2.05, 4.69) is 21.3 Å². The van der Waals surface area contributed by atoms with Gasteiger partial charge >= 0.3 is 5.97 Å². The number of non-ortho nitro benzene ring substituents is 1. The van der Waals surface area contributed by atoms with Gasteiger partial charge in [0.15, 0.2) is 5.78 Å². The molecule has 294 valence electrons. The highest BCUT2D eigenvalue weighted by Gasteiger charge is 2.33. The summed E-state index contributed by atoms with van der Waals surface area (Å²) in [5.41, 5.74) is 17.7. The third-order valence-corrected chi connectivity index (χ3v) is 8.90. The second-order valence-electron chi connectivity index (χ2n) is 13.8. The average Bonchev–Trinajstić information content (AvgIpc) is 3.10. The SMILES string of the molecule is CC(C)C[C@H](CC(=O)[C@H](Cc1ccc([N+](=O)[O-])cc1)NC(=O)[C@@H]1CC=CC[C@H](N)C(=O)N[C@@H](CCCCN)C(=O)N[C@@H](CCCCN)C(=O)N1)C(=O)O. The van der Waals surface area contributed by atoms with Crippen molar-refractivity contribution in [2.75, 3.05) is 13.1 Å². The summed E-state index contributed by atoms with van der Waals surface area (Å²) >= 11 is 0. The van der Waals surface area contributed by atoms with Crippen molar-refractivity contribution >= 4 is 41.1 Å². The van der Waals surface area contributed by atoms with Crippen molar-refractivity contribution in [2.24, 2.45) is 29.0 Å². The van der Waals surface area contributed by atoms with Crippen molar-refractivity contribution in [1.29, 1.82) is 0 Å². The Labute approximate surface area is 309 Å². The van der Waals surface area contributed by atoms with Crippen LogP contribution in [0.5, 0.6) is 0 Å². The molecule has 0 bridgehead atoms. The number of carboxylic acids is 1. The fourth-order valence-electron chi connectivity index (χ4n) is 5.89. The second-order valence-corrected chi connectivity index (χ2v) is 13.8. The Morgan fingerprint density at radius 3 is 1.96 bits per heavy atom. The van der Waals surface area contributed by atoms with Crippen LogP contribution in [0, 0.1) is 22.0 Å². The Morgan fingerprint density at radius 2 is 1.43 bits per heavy atom. The Hall–Kier alpha value is -4.74. The summed E-state index contributed by atoms with van der Waals surface area (Å²) < 4.78 is 0. The lowest BCUT2D eigenvalue weighted by Crippen LogP contribution is -2.58. The minimum absolute atomic E-state index is 0.0305. The summed E-state index contributed by atoms with van der Waals surface area (Å²) in [6, 6.07) is -0.236. The van der Waals surface area contributed by atoms with E-state index < -0.39 is 76.4 Å². The van der Waals surface area contributed by atoms with Crippen LogP contribution in [-0.4, -0.2) is 88.7 Å². The first-order valence-electron chi connectivity index (χ1n) is 18.2. The molecule has 1 aromatic carbocycles. The van der Waals surface area contributed by atoms with Gasteiger partial charge in [0, 0.05) is 18.6 Å². The van der Waals surface area contributed by atoms with Crippen molar-refractivity contribution in [2.45, 2.75) is 115 Å². The Balaban J connectivity index is 2.46. The van der Waals surface area contributed by atoms with E-state index in [-0.39, 0.29) is 56.6 Å². The molecule has 11 N–H and O–H groups in total. The molecule has 0 saturated carbocycles. The molecule has 4 amide bonds. The molecular formula is C36H56N8O9. The number of ketones is 1. The maximum atomic E-state index is 14.0. The molecule has 17 nitrogen and oxygen atoms in total. The predicted molar refractivity (Wildman–Crippen MR) is 197 cm³/mol. The highest BCUT2D eigenvalue weighted by Crippen LogP contribution is 2.20. The summed E-state index contributed by atoms with van der Waals surface area (Å²) in [7, 11) is 0. The van der Waals surface area contributed by atoms with Crippen LogP contribution < -0.4 is 38.5 Å². The van der Waals surface area contributed by atoms with Gasteiger partial charge in [0.05, 0.1) is 22.9 Å². The summed E-state index contributed by atoms with van der Waals surface area (Å²) in [4.78, 5) is 90.5. The molecule has 0 aromatic heterocycles. The number of nitro benzene ring substituents is 1. The lowest BCUT2D eigenvalue weighted by atomic mass is 9.89. The molecule has 0 spiro atoms. The van der Waals surface area contributed by atoms with Gasteiger partial charge in [-0.3, -0.25) is 38.9 Å². The maximum absolute atomic E-state index is 14.0. The van der Waals surface area contributed by atoms with Crippen LogP contribution in [0.4, 0.5) is 5.69 Å². The zero-order valence-electron chi connectivity index (χ0n) is 30.6. The van der Waals surface area contributed by atoms with Crippen LogP contribution in [0.2, 0.25) is 0 Å². The number of carbonyl (C=O) groups is 6. The molecule has 6 atom stereocenters. The fourth-order valence-corrected chi connectivity index (χ4v) is 5.89. The van der Waals surface area contributed by atoms with Crippen molar-refractivity contribution in [1.82, 2.24) is 21.3 Å². The smallest absolute Gasteiger partial charge is 0.306 e. The minimum Gasteiger partial charge on any atom is -0.481 e. The van der Waals surface area contributed by atoms with Crippen molar-refractivity contribution < 1.29 is 38.8 Å². The highest BCUT2D eigenvalue weighted by atomic mass is 16.6. The third kappa shape index (κ3) is 15.8. The molecule has 1 heterocycles. The van der Waals surface area contributed by atoms with E-state index >= 15 is 0 Å². The second kappa shape index (κ2) is 23.0. The summed E-state index contributed by atoms with van der Waals surface area (Å²) in [6.45, 7) is 4.39. The van der Waals surface area contributed by atoms with E-state index in [4.69, 9.17) is 17.2 Å². The summed E-state index contributed by atoms with van der Waals surface area (Å²) in [6.07, 6.45) is 5.42. The molecule has 0 unspecified atom stereocenters. The Kier molecular flexibility index (Phi) is 19.3. The Morgan fingerprint density at radius 1 is 0.887 bits per heavy atom. The number of Topliss-reactive ketones (excluding diaryl/α,β-unsaturated/α-hetero) is 1. The molecule has 1 aliphatic heterocycles. The van der Waals surface area contributed by atoms with E-state index in [1.54, 1.807) is 12.2 Å². The molecule has 1 aromatic rings. The first-order chi connectivity index (χ1) is 25.2. The number of amides is 4. The third-order valence-electron chi connectivity index (χ3n) is 8.90. The number of unbranched alkanes of at least 4 members (excludes halogenated alkanes) is 2.